The summed E-state index contributed by atoms with van der Waals surface area (Å²) >= 11 is 0. The summed E-state index contributed by atoms with van der Waals surface area (Å²) in [7, 11) is 0. The summed E-state index contributed by atoms with van der Waals surface area (Å²) in [5.41, 5.74) is 0. The van der Waals surface area contributed by atoms with E-state index in [9.17, 15) is 45.6 Å². The van der Waals surface area contributed by atoms with Crippen molar-refractivity contribution in [1.29, 1.82) is 0 Å². The molecule has 0 radical (unpaired) electrons. The Morgan fingerprint density at radius 1 is 0.530 bits per heavy atom. The number of aliphatic hydroxyl groups is 8. The van der Waals surface area contributed by atoms with Crippen LogP contribution in [0.3, 0.4) is 0 Å². The number of ether oxygens (including phenoxy) is 4. The smallest absolute Gasteiger partial charge is 0.220 e. The van der Waals surface area contributed by atoms with Crippen LogP contribution in [0.1, 0.15) is 181 Å². The van der Waals surface area contributed by atoms with E-state index in [2.05, 4.69) is 55.6 Å². The van der Waals surface area contributed by atoms with Gasteiger partial charge in [0.15, 0.2) is 12.6 Å². The molecule has 384 valence electrons. The highest BCUT2D eigenvalue weighted by atomic mass is 16.7. The molecular formula is C52H93NO13. The molecule has 0 spiro atoms. The first-order chi connectivity index (χ1) is 32.1. The van der Waals surface area contributed by atoms with Crippen LogP contribution in [0.25, 0.3) is 0 Å². The molecular weight excluding hydrogens is 847 g/mol. The third kappa shape index (κ3) is 25.5. The number of aliphatic hydroxyl groups excluding tert-OH is 8. The molecule has 0 aromatic heterocycles. The SMILES string of the molecule is CCCCC/C=C\CCCCCCCC(=O)NC(COC1OC(CO)C(OC2OC(CO)C(O)C(O)C2O)C(O)C1O)C(O)/C=C/CC/C=C/CC/C=C/CCCCCCCCCCCC. The summed E-state index contributed by atoms with van der Waals surface area (Å²) in [5.74, 6) is -0.266. The van der Waals surface area contributed by atoms with E-state index in [1.165, 1.54) is 83.5 Å². The predicted octanol–water partition coefficient (Wildman–Crippen LogP) is 6.88. The van der Waals surface area contributed by atoms with Crippen molar-refractivity contribution in [2.75, 3.05) is 19.8 Å². The number of carbonyl (C=O) groups is 1. The lowest BCUT2D eigenvalue weighted by atomic mass is 9.97. The lowest BCUT2D eigenvalue weighted by molar-refractivity contribution is -0.359. The molecule has 1 amide bonds. The molecule has 0 aliphatic carbocycles. The first kappa shape index (κ1) is 60.1. The van der Waals surface area contributed by atoms with Gasteiger partial charge in [-0.1, -0.05) is 152 Å². The minimum atomic E-state index is -1.79. The van der Waals surface area contributed by atoms with Crippen LogP contribution in [0.2, 0.25) is 0 Å². The zero-order valence-corrected chi connectivity index (χ0v) is 40.7. The Labute approximate surface area is 397 Å². The van der Waals surface area contributed by atoms with Gasteiger partial charge in [-0.15, -0.1) is 0 Å². The second-order valence-corrected chi connectivity index (χ2v) is 18.3. The molecule has 2 saturated heterocycles. The van der Waals surface area contributed by atoms with Gasteiger partial charge in [-0.3, -0.25) is 4.79 Å². The van der Waals surface area contributed by atoms with Gasteiger partial charge in [0.2, 0.25) is 5.91 Å². The van der Waals surface area contributed by atoms with E-state index in [1.807, 2.05) is 6.08 Å². The predicted molar refractivity (Wildman–Crippen MR) is 258 cm³/mol. The van der Waals surface area contributed by atoms with Gasteiger partial charge >= 0.3 is 0 Å². The molecule has 0 saturated carbocycles. The molecule has 14 heteroatoms. The van der Waals surface area contributed by atoms with Crippen molar-refractivity contribution in [3.8, 4) is 0 Å². The van der Waals surface area contributed by atoms with Crippen LogP contribution in [0.15, 0.2) is 48.6 Å². The second-order valence-electron chi connectivity index (χ2n) is 18.3. The number of carbonyl (C=O) groups excluding carboxylic acids is 1. The molecule has 66 heavy (non-hydrogen) atoms. The molecule has 0 aromatic rings. The van der Waals surface area contributed by atoms with Crippen LogP contribution < -0.4 is 5.32 Å². The van der Waals surface area contributed by atoms with E-state index in [1.54, 1.807) is 6.08 Å². The fraction of sp³-hybridized carbons (Fsp3) is 0.827. The Kier molecular flexibility index (Phi) is 35.3. The Morgan fingerprint density at radius 2 is 0.970 bits per heavy atom. The molecule has 2 aliphatic rings. The molecule has 0 bridgehead atoms. The molecule has 2 rings (SSSR count). The van der Waals surface area contributed by atoms with Gasteiger partial charge in [-0.05, 0) is 70.6 Å². The first-order valence-electron chi connectivity index (χ1n) is 25.9. The third-order valence-corrected chi connectivity index (χ3v) is 12.5. The van der Waals surface area contributed by atoms with Crippen LogP contribution in [0.5, 0.6) is 0 Å². The molecule has 2 fully saturated rings. The van der Waals surface area contributed by atoms with Gasteiger partial charge in [0.05, 0.1) is 32.0 Å². The van der Waals surface area contributed by atoms with Gasteiger partial charge in [-0.25, -0.2) is 0 Å². The van der Waals surface area contributed by atoms with Gasteiger partial charge in [0.1, 0.15) is 48.8 Å². The third-order valence-electron chi connectivity index (χ3n) is 12.5. The Bertz CT molecular complexity index is 1290. The highest BCUT2D eigenvalue weighted by molar-refractivity contribution is 5.76. The molecule has 2 aliphatic heterocycles. The van der Waals surface area contributed by atoms with E-state index < -0.39 is 86.8 Å². The summed E-state index contributed by atoms with van der Waals surface area (Å²) in [6.45, 7) is 2.71. The summed E-state index contributed by atoms with van der Waals surface area (Å²) in [5, 5.41) is 86.7. The molecule has 12 unspecified atom stereocenters. The molecule has 2 heterocycles. The number of unbranched alkanes of at least 4 members (excludes halogenated alkanes) is 20. The van der Waals surface area contributed by atoms with E-state index in [4.69, 9.17) is 18.9 Å². The van der Waals surface area contributed by atoms with Crippen molar-refractivity contribution in [3.05, 3.63) is 48.6 Å². The minimum absolute atomic E-state index is 0.258. The maximum absolute atomic E-state index is 13.1. The van der Waals surface area contributed by atoms with Crippen LogP contribution in [-0.4, -0.2) is 140 Å². The summed E-state index contributed by atoms with van der Waals surface area (Å²) < 4.78 is 22.7. The Hall–Kier alpha value is -2.05. The van der Waals surface area contributed by atoms with Crippen molar-refractivity contribution >= 4 is 5.91 Å². The number of rotatable bonds is 39. The molecule has 12 atom stereocenters. The van der Waals surface area contributed by atoms with Crippen molar-refractivity contribution in [2.24, 2.45) is 0 Å². The zero-order valence-electron chi connectivity index (χ0n) is 40.7. The minimum Gasteiger partial charge on any atom is -0.394 e. The number of allylic oxidation sites excluding steroid dienone is 7. The van der Waals surface area contributed by atoms with E-state index in [0.717, 1.165) is 64.2 Å². The quantitative estimate of drug-likeness (QED) is 0.0227. The topological polar surface area (TPSA) is 228 Å². The molecule has 9 N–H and O–H groups in total. The van der Waals surface area contributed by atoms with E-state index >= 15 is 0 Å². The van der Waals surface area contributed by atoms with E-state index in [0.29, 0.717) is 12.8 Å². The fourth-order valence-electron chi connectivity index (χ4n) is 8.20. The fourth-order valence-corrected chi connectivity index (χ4v) is 8.20. The van der Waals surface area contributed by atoms with Crippen molar-refractivity contribution in [1.82, 2.24) is 5.32 Å². The highest BCUT2D eigenvalue weighted by Crippen LogP contribution is 2.30. The lowest BCUT2D eigenvalue weighted by Crippen LogP contribution is -2.65. The summed E-state index contributed by atoms with van der Waals surface area (Å²) in [6.07, 6.45) is 28.7. The maximum atomic E-state index is 13.1. The number of amides is 1. The van der Waals surface area contributed by atoms with Gasteiger partial charge in [-0.2, -0.15) is 0 Å². The van der Waals surface area contributed by atoms with Crippen LogP contribution >= 0.6 is 0 Å². The number of hydrogen-bond donors (Lipinski definition) is 9. The number of nitrogens with one attached hydrogen (secondary N) is 1. The Morgan fingerprint density at radius 3 is 1.52 bits per heavy atom. The summed E-state index contributed by atoms with van der Waals surface area (Å²) in [6, 6.07) is -0.941. The van der Waals surface area contributed by atoms with Gasteiger partial charge < -0.3 is 65.1 Å². The van der Waals surface area contributed by atoms with Gasteiger partial charge in [0.25, 0.3) is 0 Å². The normalized spacial score (nSPS) is 27.2. The van der Waals surface area contributed by atoms with Crippen LogP contribution in [0.4, 0.5) is 0 Å². The molecule has 14 nitrogen and oxygen atoms in total. The monoisotopic (exact) mass is 940 g/mol. The van der Waals surface area contributed by atoms with Crippen LogP contribution in [0, 0.1) is 0 Å². The zero-order chi connectivity index (χ0) is 48.2. The lowest BCUT2D eigenvalue weighted by Gasteiger charge is -2.46. The second kappa shape index (κ2) is 38.8. The average Bonchev–Trinajstić information content (AvgIpc) is 3.31. The average molecular weight is 940 g/mol. The number of hydrogen-bond acceptors (Lipinski definition) is 13. The largest absolute Gasteiger partial charge is 0.394 e. The standard InChI is InChI=1S/C52H93NO13/c1-3-5-7-9-11-13-15-17-18-19-20-21-22-23-24-25-27-29-31-33-35-41(56)40(53-44(57)36-34-32-30-28-26-16-14-12-10-8-6-4-2)39-63-51-49(62)47(60)50(43(38-55)65-51)66-52-48(61)46(59)45(58)42(37-54)64-52/h12,14,21-22,25,27,33,35,40-43,45-52,54-56,58-62H,3-11,13,15-20,23-24,26,28-32,34,36-39H2,1-2H3,(H,53,57)/b14-12-,22-21+,27-25+,35-33+. The first-order valence-corrected chi connectivity index (χ1v) is 25.9. The van der Waals surface area contributed by atoms with Crippen LogP contribution in [-0.2, 0) is 23.7 Å². The molecule has 0 aromatic carbocycles. The van der Waals surface area contributed by atoms with Crippen molar-refractivity contribution < 1.29 is 64.6 Å². The highest BCUT2D eigenvalue weighted by Gasteiger charge is 2.51. The van der Waals surface area contributed by atoms with E-state index in [-0.39, 0.29) is 18.9 Å². The summed E-state index contributed by atoms with van der Waals surface area (Å²) in [4.78, 5) is 13.1. The van der Waals surface area contributed by atoms with Crippen molar-refractivity contribution in [2.45, 2.75) is 254 Å². The van der Waals surface area contributed by atoms with Gasteiger partial charge in [0, 0.05) is 6.42 Å². The van der Waals surface area contributed by atoms with Crippen molar-refractivity contribution in [3.63, 3.8) is 0 Å². The maximum Gasteiger partial charge on any atom is 0.220 e. The Balaban J connectivity index is 1.86.